The Morgan fingerprint density at radius 3 is 2.23 bits per heavy atom. The highest BCUT2D eigenvalue weighted by Crippen LogP contribution is 2.19. The van der Waals surface area contributed by atoms with Crippen LogP contribution < -0.4 is 15.4 Å². The summed E-state index contributed by atoms with van der Waals surface area (Å²) < 4.78 is 5.45. The first-order chi connectivity index (χ1) is 12.5. The molecule has 0 bridgehead atoms. The molecule has 4 nitrogen and oxygen atoms in total. The minimum atomic E-state index is 0.251. The van der Waals surface area contributed by atoms with Gasteiger partial charge in [-0.05, 0) is 75.1 Å². The predicted octanol–water partition coefficient (Wildman–Crippen LogP) is 4.24. The maximum atomic E-state index is 5.45. The number of aryl methyl sites for hydroxylation is 1. The van der Waals surface area contributed by atoms with Crippen molar-refractivity contribution in [3.8, 4) is 5.75 Å². The number of likely N-dealkylation sites (N-methyl/N-ethyl adjacent to an activating group) is 1. The molecule has 140 valence electrons. The molecular weight excluding hydrogens is 342 g/mol. The van der Waals surface area contributed by atoms with Crippen molar-refractivity contribution < 1.29 is 4.74 Å². The van der Waals surface area contributed by atoms with E-state index in [1.165, 1.54) is 11.1 Å². The summed E-state index contributed by atoms with van der Waals surface area (Å²) in [5, 5.41) is 7.17. The summed E-state index contributed by atoms with van der Waals surface area (Å²) in [6, 6.07) is 16.9. The minimum absolute atomic E-state index is 0.251. The summed E-state index contributed by atoms with van der Waals surface area (Å²) in [6.07, 6.45) is 1.06. The molecule has 0 aliphatic heterocycles. The van der Waals surface area contributed by atoms with Crippen molar-refractivity contribution in [3.63, 3.8) is 0 Å². The van der Waals surface area contributed by atoms with Crippen LogP contribution in [0.5, 0.6) is 5.75 Å². The molecule has 0 spiro atoms. The van der Waals surface area contributed by atoms with Gasteiger partial charge in [0.2, 0.25) is 0 Å². The van der Waals surface area contributed by atoms with Gasteiger partial charge >= 0.3 is 0 Å². The molecule has 2 N–H and O–H groups in total. The number of nitrogens with zero attached hydrogens (tertiary/aromatic N) is 1. The number of benzene rings is 2. The fourth-order valence-electron chi connectivity index (χ4n) is 2.74. The van der Waals surface area contributed by atoms with E-state index < -0.39 is 0 Å². The standard InChI is InChI=1S/C21H29N3OS/c1-5-16-7-9-17(10-8-16)20(24(3)4)15-22-21(26)23-18-11-13-19(14-12-18)25-6-2/h7-14,20H,5-6,15H2,1-4H3,(H2,22,23,26)/t20-/m1/s1. The monoisotopic (exact) mass is 371 g/mol. The molecule has 0 radical (unpaired) electrons. The number of ether oxygens (including phenoxy) is 1. The normalized spacial score (nSPS) is 11.9. The molecular formula is C21H29N3OS. The number of thiocarbonyl (C=S) groups is 1. The molecule has 2 aromatic rings. The lowest BCUT2D eigenvalue weighted by molar-refractivity contribution is 0.299. The first-order valence-electron chi connectivity index (χ1n) is 9.06. The van der Waals surface area contributed by atoms with Crippen LogP contribution in [0.4, 0.5) is 5.69 Å². The average molecular weight is 372 g/mol. The fourth-order valence-corrected chi connectivity index (χ4v) is 2.94. The summed E-state index contributed by atoms with van der Waals surface area (Å²) >= 11 is 5.44. The summed E-state index contributed by atoms with van der Waals surface area (Å²) in [6.45, 7) is 5.55. The Morgan fingerprint density at radius 1 is 1.04 bits per heavy atom. The molecule has 0 amide bonds. The van der Waals surface area contributed by atoms with Crippen LogP contribution in [0.15, 0.2) is 48.5 Å². The van der Waals surface area contributed by atoms with Gasteiger partial charge in [-0.15, -0.1) is 0 Å². The lowest BCUT2D eigenvalue weighted by Crippen LogP contribution is -2.36. The third-order valence-electron chi connectivity index (χ3n) is 4.28. The predicted molar refractivity (Wildman–Crippen MR) is 114 cm³/mol. The molecule has 0 aliphatic carbocycles. The van der Waals surface area contributed by atoms with Gasteiger partial charge in [0, 0.05) is 12.2 Å². The summed E-state index contributed by atoms with van der Waals surface area (Å²) in [7, 11) is 4.17. The van der Waals surface area contributed by atoms with Gasteiger partial charge in [-0.2, -0.15) is 0 Å². The molecule has 26 heavy (non-hydrogen) atoms. The Hall–Kier alpha value is -2.11. The third kappa shape index (κ3) is 6.00. The number of hydrogen-bond acceptors (Lipinski definition) is 3. The smallest absolute Gasteiger partial charge is 0.170 e. The van der Waals surface area contributed by atoms with Crippen LogP contribution in [-0.4, -0.2) is 37.3 Å². The topological polar surface area (TPSA) is 36.5 Å². The van der Waals surface area contributed by atoms with Gasteiger partial charge in [0.15, 0.2) is 5.11 Å². The molecule has 0 aromatic heterocycles. The summed E-state index contributed by atoms with van der Waals surface area (Å²) in [5.41, 5.74) is 3.58. The molecule has 0 saturated carbocycles. The third-order valence-corrected chi connectivity index (χ3v) is 4.52. The summed E-state index contributed by atoms with van der Waals surface area (Å²) in [5.74, 6) is 0.861. The van der Waals surface area contributed by atoms with E-state index >= 15 is 0 Å². The molecule has 0 heterocycles. The van der Waals surface area contributed by atoms with Gasteiger partial charge in [0.1, 0.15) is 5.75 Å². The van der Waals surface area contributed by atoms with E-state index in [9.17, 15) is 0 Å². The molecule has 1 atom stereocenters. The molecule has 0 unspecified atom stereocenters. The minimum Gasteiger partial charge on any atom is -0.494 e. The molecule has 0 fully saturated rings. The van der Waals surface area contributed by atoms with E-state index in [-0.39, 0.29) is 6.04 Å². The van der Waals surface area contributed by atoms with Crippen molar-refractivity contribution in [2.24, 2.45) is 0 Å². The van der Waals surface area contributed by atoms with E-state index in [4.69, 9.17) is 17.0 Å². The van der Waals surface area contributed by atoms with Crippen LogP contribution in [0, 0.1) is 0 Å². The van der Waals surface area contributed by atoms with Crippen molar-refractivity contribution in [1.29, 1.82) is 0 Å². The van der Waals surface area contributed by atoms with E-state index in [2.05, 4.69) is 60.8 Å². The second kappa shape index (κ2) is 10.1. The van der Waals surface area contributed by atoms with Crippen LogP contribution >= 0.6 is 12.2 Å². The Bertz CT molecular complexity index is 683. The molecule has 0 aliphatic rings. The number of anilines is 1. The molecule has 2 aromatic carbocycles. The van der Waals surface area contributed by atoms with Gasteiger partial charge in [0.25, 0.3) is 0 Å². The first-order valence-corrected chi connectivity index (χ1v) is 9.47. The second-order valence-corrected chi connectivity index (χ2v) is 6.78. The maximum Gasteiger partial charge on any atom is 0.170 e. The van der Waals surface area contributed by atoms with Crippen LogP contribution in [0.1, 0.15) is 31.0 Å². The van der Waals surface area contributed by atoms with Crippen LogP contribution in [0.3, 0.4) is 0 Å². The van der Waals surface area contributed by atoms with Gasteiger partial charge in [-0.25, -0.2) is 0 Å². The SMILES string of the molecule is CCOc1ccc(NC(=S)NC[C@H](c2ccc(CC)cc2)N(C)C)cc1. The largest absolute Gasteiger partial charge is 0.494 e. The van der Waals surface area contributed by atoms with Crippen LogP contribution in [-0.2, 0) is 6.42 Å². The van der Waals surface area contributed by atoms with E-state index in [1.54, 1.807) is 0 Å². The molecule has 0 saturated heterocycles. The average Bonchev–Trinajstić information content (AvgIpc) is 2.64. The lowest BCUT2D eigenvalue weighted by Gasteiger charge is -2.26. The van der Waals surface area contributed by atoms with Gasteiger partial charge in [-0.1, -0.05) is 31.2 Å². The molecule has 5 heteroatoms. The maximum absolute atomic E-state index is 5.45. The second-order valence-electron chi connectivity index (χ2n) is 6.37. The van der Waals surface area contributed by atoms with Gasteiger partial charge in [-0.3, -0.25) is 0 Å². The number of nitrogens with one attached hydrogen (secondary N) is 2. The zero-order chi connectivity index (χ0) is 18.9. The van der Waals surface area contributed by atoms with E-state index in [1.807, 2.05) is 31.2 Å². The van der Waals surface area contributed by atoms with Gasteiger partial charge < -0.3 is 20.3 Å². The quantitative estimate of drug-likeness (QED) is 0.679. The molecule has 2 rings (SSSR count). The zero-order valence-electron chi connectivity index (χ0n) is 16.1. The first kappa shape index (κ1) is 20.2. The fraction of sp³-hybridized carbons (Fsp3) is 0.381. The van der Waals surface area contributed by atoms with Crippen molar-refractivity contribution in [2.45, 2.75) is 26.3 Å². The highest BCUT2D eigenvalue weighted by atomic mass is 32.1. The van der Waals surface area contributed by atoms with Crippen molar-refractivity contribution in [2.75, 3.05) is 32.6 Å². The van der Waals surface area contributed by atoms with Crippen molar-refractivity contribution in [1.82, 2.24) is 10.2 Å². The van der Waals surface area contributed by atoms with Crippen molar-refractivity contribution in [3.05, 3.63) is 59.7 Å². The van der Waals surface area contributed by atoms with Gasteiger partial charge in [0.05, 0.1) is 12.6 Å². The number of rotatable bonds is 8. The Balaban J connectivity index is 1.92. The highest BCUT2D eigenvalue weighted by Gasteiger charge is 2.14. The Kier molecular flexibility index (Phi) is 7.88. The van der Waals surface area contributed by atoms with Crippen LogP contribution in [0.25, 0.3) is 0 Å². The zero-order valence-corrected chi connectivity index (χ0v) is 16.9. The lowest BCUT2D eigenvalue weighted by atomic mass is 10.0. The summed E-state index contributed by atoms with van der Waals surface area (Å²) in [4.78, 5) is 2.20. The van der Waals surface area contributed by atoms with Crippen LogP contribution in [0.2, 0.25) is 0 Å². The highest BCUT2D eigenvalue weighted by molar-refractivity contribution is 7.80. The van der Waals surface area contributed by atoms with E-state index in [0.29, 0.717) is 11.7 Å². The van der Waals surface area contributed by atoms with E-state index in [0.717, 1.165) is 24.4 Å². The van der Waals surface area contributed by atoms with Crippen molar-refractivity contribution >= 4 is 23.0 Å². The number of hydrogen-bond donors (Lipinski definition) is 2. The Morgan fingerprint density at radius 2 is 1.69 bits per heavy atom. The Labute approximate surface area is 162 Å².